The van der Waals surface area contributed by atoms with Crippen molar-refractivity contribution < 1.29 is 38.3 Å². The molecule has 0 aliphatic rings. The molecule has 382 valence electrons. The fraction of sp³-hybridized carbons (Fsp3) is 0.397. The highest BCUT2D eigenvalue weighted by atomic mass is 32.1. The Bertz CT molecular complexity index is 3020. The summed E-state index contributed by atoms with van der Waals surface area (Å²) >= 11 is 3.32. The van der Waals surface area contributed by atoms with Gasteiger partial charge < -0.3 is 42.7 Å². The number of hydrogen-bond acceptors (Lipinski definition) is 11. The predicted molar refractivity (Wildman–Crippen MR) is 293 cm³/mol. The summed E-state index contributed by atoms with van der Waals surface area (Å²) in [6.07, 6.45) is 9.49. The van der Waals surface area contributed by atoms with E-state index >= 15 is 0 Å². The van der Waals surface area contributed by atoms with Crippen LogP contribution in [0.5, 0.6) is 34.8 Å². The van der Waals surface area contributed by atoms with E-state index < -0.39 is 12.0 Å². The number of fused-ring (bicyclic) bond motifs is 2. The molecular weight excluding hydrogens is 945 g/mol. The van der Waals surface area contributed by atoms with Gasteiger partial charge in [-0.3, -0.25) is 0 Å². The summed E-state index contributed by atoms with van der Waals surface area (Å²) in [7, 11) is 0. The van der Waals surface area contributed by atoms with Crippen molar-refractivity contribution in [3.63, 3.8) is 0 Å². The summed E-state index contributed by atoms with van der Waals surface area (Å²) in [6, 6.07) is 28.6. The molecule has 0 fully saturated rings. The zero-order valence-electron chi connectivity index (χ0n) is 43.3. The van der Waals surface area contributed by atoms with Gasteiger partial charge in [0.05, 0.1) is 49.4 Å². The van der Waals surface area contributed by atoms with Crippen molar-refractivity contribution in [1.82, 2.24) is 19.1 Å². The maximum atomic E-state index is 11.3. The number of aliphatic carboxylic acids is 1. The van der Waals surface area contributed by atoms with Gasteiger partial charge in [0.1, 0.15) is 39.1 Å². The highest BCUT2D eigenvalue weighted by molar-refractivity contribution is 7.15. The van der Waals surface area contributed by atoms with Crippen molar-refractivity contribution in [2.45, 2.75) is 113 Å². The first-order valence-electron chi connectivity index (χ1n) is 25.3. The van der Waals surface area contributed by atoms with Crippen molar-refractivity contribution in [2.75, 3.05) is 39.6 Å². The molecule has 0 amide bonds. The van der Waals surface area contributed by atoms with E-state index in [1.165, 1.54) is 22.0 Å². The van der Waals surface area contributed by atoms with Gasteiger partial charge >= 0.3 is 5.97 Å². The fourth-order valence-corrected chi connectivity index (χ4v) is 10.1. The normalized spacial score (nSPS) is 11.7. The van der Waals surface area contributed by atoms with Gasteiger partial charge in [0.15, 0.2) is 0 Å². The quantitative estimate of drug-likeness (QED) is 0.0553. The van der Waals surface area contributed by atoms with Gasteiger partial charge in [0, 0.05) is 64.2 Å². The molecule has 72 heavy (non-hydrogen) atoms. The molecule has 14 heteroatoms. The lowest BCUT2D eigenvalue weighted by Crippen LogP contribution is -2.14. The van der Waals surface area contributed by atoms with Gasteiger partial charge in [-0.15, -0.1) is 22.7 Å². The minimum absolute atomic E-state index is 0.446. The first-order chi connectivity index (χ1) is 34.9. The first kappa shape index (κ1) is 53.3. The molecule has 1 atom stereocenters. The van der Waals surface area contributed by atoms with Crippen molar-refractivity contribution in [2.24, 2.45) is 0 Å². The Hall–Kier alpha value is -6.51. The van der Waals surface area contributed by atoms with E-state index in [2.05, 4.69) is 110 Å². The van der Waals surface area contributed by atoms with E-state index in [0.717, 1.165) is 109 Å². The zero-order chi connectivity index (χ0) is 51.1. The van der Waals surface area contributed by atoms with Gasteiger partial charge in [0.25, 0.3) is 0 Å². The summed E-state index contributed by atoms with van der Waals surface area (Å²) in [5.74, 6) is 4.11. The van der Waals surface area contributed by atoms with Crippen LogP contribution in [0.3, 0.4) is 0 Å². The van der Waals surface area contributed by atoms with Gasteiger partial charge in [-0.1, -0.05) is 26.7 Å². The summed E-state index contributed by atoms with van der Waals surface area (Å²) < 4.78 is 39.5. The second kappa shape index (κ2) is 25.7. The van der Waals surface area contributed by atoms with Gasteiger partial charge in [0.2, 0.25) is 11.8 Å². The molecule has 4 aromatic heterocycles. The van der Waals surface area contributed by atoms with E-state index in [0.29, 0.717) is 51.6 Å². The fourth-order valence-electron chi connectivity index (χ4n) is 8.42. The average Bonchev–Trinajstić information content (AvgIpc) is 4.17. The zero-order valence-corrected chi connectivity index (χ0v) is 44.9. The summed E-state index contributed by atoms with van der Waals surface area (Å²) in [5, 5.41) is 13.4. The van der Waals surface area contributed by atoms with Crippen LogP contribution in [0, 0.1) is 13.8 Å². The number of carboxylic acids is 1. The Morgan fingerprint density at radius 3 is 1.44 bits per heavy atom. The number of aryl methyl sites for hydroxylation is 4. The molecule has 0 bridgehead atoms. The van der Waals surface area contributed by atoms with E-state index in [-0.39, 0.29) is 0 Å². The lowest BCUT2D eigenvalue weighted by Gasteiger charge is -2.13. The Balaban J connectivity index is 0.000000212. The molecule has 0 radical (unpaired) electrons. The lowest BCUT2D eigenvalue weighted by atomic mass is 10.1. The molecule has 0 aliphatic carbocycles. The van der Waals surface area contributed by atoms with Crippen molar-refractivity contribution in [3.05, 3.63) is 118 Å². The molecule has 0 aliphatic heterocycles. The van der Waals surface area contributed by atoms with Crippen LogP contribution < -0.4 is 28.4 Å². The first-order valence-corrected chi connectivity index (χ1v) is 27.0. The number of benzene rings is 4. The lowest BCUT2D eigenvalue weighted by molar-refractivity contribution is -0.140. The van der Waals surface area contributed by atoms with Crippen molar-refractivity contribution >= 4 is 50.4 Å². The third kappa shape index (κ3) is 13.5. The van der Waals surface area contributed by atoms with Crippen LogP contribution in [0.25, 0.3) is 42.9 Å². The van der Waals surface area contributed by atoms with E-state index in [4.69, 9.17) is 28.4 Å². The second-order valence-corrected chi connectivity index (χ2v) is 20.3. The number of hydrogen-bond donors (Lipinski definition) is 1. The second-order valence-electron chi connectivity index (χ2n) is 17.9. The number of thiazole rings is 2. The van der Waals surface area contributed by atoms with E-state index in [1.807, 2.05) is 51.1 Å². The molecule has 12 nitrogen and oxygen atoms in total. The van der Waals surface area contributed by atoms with Gasteiger partial charge in [-0.05, 0) is 157 Å². The van der Waals surface area contributed by atoms with Crippen LogP contribution in [0.15, 0.2) is 97.3 Å². The average molecular weight is 1020 g/mol. The number of aromatic nitrogens is 4. The Morgan fingerprint density at radius 1 is 0.569 bits per heavy atom. The van der Waals surface area contributed by atoms with Gasteiger partial charge in [-0.2, -0.15) is 0 Å². The summed E-state index contributed by atoms with van der Waals surface area (Å²) in [5.41, 5.74) is 6.71. The maximum Gasteiger partial charge on any atom is 0.326 e. The highest BCUT2D eigenvalue weighted by Crippen LogP contribution is 2.37. The number of rotatable bonds is 25. The molecule has 4 aromatic carbocycles. The Morgan fingerprint density at radius 2 is 1.01 bits per heavy atom. The van der Waals surface area contributed by atoms with E-state index in [1.54, 1.807) is 40.4 Å². The SMILES string of the molecule is CCCc1cc(-c2nc(OCC)c(C)s2)ccc1OCCCOc1ccc2c(ccn2C(C)C)c1.CCCc1cc(-c2nc(OCC)c(C)s2)ccc1OCCCOc1ccc2c(ccn2[C@@H](C)C(=O)O)c1. The third-order valence-electron chi connectivity index (χ3n) is 12.1. The van der Waals surface area contributed by atoms with Crippen LogP contribution in [0.2, 0.25) is 0 Å². The Kier molecular flexibility index (Phi) is 19.1. The van der Waals surface area contributed by atoms with Crippen LogP contribution in [0.1, 0.15) is 107 Å². The molecule has 0 saturated heterocycles. The van der Waals surface area contributed by atoms with Crippen LogP contribution >= 0.6 is 22.7 Å². The molecular formula is C58H70N4O8S2. The van der Waals surface area contributed by atoms with Crippen molar-refractivity contribution in [1.29, 1.82) is 0 Å². The standard InChI is InChI=1S/C29H34N2O5S.C29H36N2O3S/c1-5-8-22-17-23(28-30-27(34-6-2)20(4)37-28)9-12-26(22)36-16-7-15-35-24-10-11-25-21(18-24)13-14-31(25)19(3)29(32)33;1-6-9-23-18-24(29-30-28(32-7-2)21(5)35-29)10-13-27(23)34-17-8-16-33-25-11-12-26-22(19-25)14-15-31(26)20(3)4/h9-14,17-19H,5-8,15-16H2,1-4H3,(H,32,33);10-15,18-20H,6-9,16-17H2,1-5H3/t19-;/m0./s1. The number of carbonyl (C=O) groups is 1. The Labute approximate surface area is 432 Å². The molecule has 8 rings (SSSR count). The summed E-state index contributed by atoms with van der Waals surface area (Å²) in [4.78, 5) is 22.9. The third-order valence-corrected chi connectivity index (χ3v) is 14.1. The minimum atomic E-state index is -0.858. The van der Waals surface area contributed by atoms with Crippen LogP contribution in [-0.2, 0) is 17.6 Å². The smallest absolute Gasteiger partial charge is 0.326 e. The topological polar surface area (TPSA) is 128 Å². The number of carboxylic acid groups (broad SMARTS) is 1. The molecule has 8 aromatic rings. The van der Waals surface area contributed by atoms with Gasteiger partial charge in [-0.25, -0.2) is 14.8 Å². The van der Waals surface area contributed by atoms with Crippen molar-refractivity contribution in [3.8, 4) is 55.9 Å². The van der Waals surface area contributed by atoms with E-state index in [9.17, 15) is 9.90 Å². The number of nitrogens with zero attached hydrogens (tertiary/aromatic N) is 4. The molecule has 0 unspecified atom stereocenters. The minimum Gasteiger partial charge on any atom is -0.493 e. The molecule has 0 saturated carbocycles. The predicted octanol–water partition coefficient (Wildman–Crippen LogP) is 14.8. The van der Waals surface area contributed by atoms with Crippen LogP contribution in [-0.4, -0.2) is 69.8 Å². The largest absolute Gasteiger partial charge is 0.493 e. The molecule has 0 spiro atoms. The number of ether oxygens (including phenoxy) is 6. The van der Waals surface area contributed by atoms with Crippen LogP contribution in [0.4, 0.5) is 0 Å². The maximum absolute atomic E-state index is 11.3. The molecule has 4 heterocycles. The highest BCUT2D eigenvalue weighted by Gasteiger charge is 2.17. The monoisotopic (exact) mass is 1010 g/mol. The molecule has 1 N–H and O–H groups in total. The summed E-state index contributed by atoms with van der Waals surface area (Å²) in [6.45, 7) is 22.0.